The van der Waals surface area contributed by atoms with Gasteiger partial charge in [0.25, 0.3) is 0 Å². The second-order valence-electron chi connectivity index (χ2n) is 5.09. The van der Waals surface area contributed by atoms with Crippen molar-refractivity contribution >= 4 is 15.7 Å². The van der Waals surface area contributed by atoms with E-state index in [1.54, 1.807) is 18.2 Å². The van der Waals surface area contributed by atoms with Crippen molar-refractivity contribution in [3.8, 4) is 5.75 Å². The monoisotopic (exact) mass is 305 g/mol. The highest BCUT2D eigenvalue weighted by Crippen LogP contribution is 2.26. The third-order valence-electron chi connectivity index (χ3n) is 3.07. The molecule has 0 unspecified atom stereocenters. The van der Waals surface area contributed by atoms with E-state index >= 15 is 0 Å². The van der Waals surface area contributed by atoms with Crippen LogP contribution in [0.2, 0.25) is 0 Å². The van der Waals surface area contributed by atoms with Crippen LogP contribution in [0.25, 0.3) is 0 Å². The molecule has 0 spiro atoms. The molecule has 0 amide bonds. The van der Waals surface area contributed by atoms with Gasteiger partial charge in [-0.3, -0.25) is 4.72 Å². The molecular formula is C16H19NO3S. The van der Waals surface area contributed by atoms with Crippen LogP contribution in [-0.4, -0.2) is 14.7 Å². The lowest BCUT2D eigenvalue weighted by molar-refractivity contribution is 0.307. The molecule has 0 aliphatic carbocycles. The number of sulfonamides is 1. The Hall–Kier alpha value is -2.01. The first kappa shape index (κ1) is 15.4. The summed E-state index contributed by atoms with van der Waals surface area (Å²) in [6.07, 6.45) is 1.12. The first-order valence-corrected chi connectivity index (χ1v) is 8.50. The van der Waals surface area contributed by atoms with Gasteiger partial charge in [0.2, 0.25) is 10.0 Å². The van der Waals surface area contributed by atoms with Gasteiger partial charge in [0.1, 0.15) is 12.4 Å². The summed E-state index contributed by atoms with van der Waals surface area (Å²) >= 11 is 0. The van der Waals surface area contributed by atoms with Gasteiger partial charge in [0, 0.05) is 0 Å². The zero-order chi connectivity index (χ0) is 15.5. The fourth-order valence-corrected chi connectivity index (χ4v) is 2.56. The highest BCUT2D eigenvalue weighted by atomic mass is 32.2. The normalized spacial score (nSPS) is 11.2. The topological polar surface area (TPSA) is 55.4 Å². The molecule has 0 fully saturated rings. The molecule has 0 bridgehead atoms. The Balaban J connectivity index is 2.18. The van der Waals surface area contributed by atoms with Crippen molar-refractivity contribution < 1.29 is 13.2 Å². The maximum atomic E-state index is 11.4. The summed E-state index contributed by atoms with van der Waals surface area (Å²) in [6.45, 7) is 4.46. The average Bonchev–Trinajstić information content (AvgIpc) is 2.39. The molecule has 2 rings (SSSR count). The van der Waals surface area contributed by atoms with E-state index in [0.717, 1.165) is 17.4 Å². The molecule has 2 aromatic carbocycles. The largest absolute Gasteiger partial charge is 0.487 e. The Bertz CT molecular complexity index is 739. The summed E-state index contributed by atoms with van der Waals surface area (Å²) in [7, 11) is -3.33. The Kier molecular flexibility index (Phi) is 4.53. The molecule has 112 valence electrons. The van der Waals surface area contributed by atoms with Crippen LogP contribution in [0.4, 0.5) is 5.69 Å². The molecule has 0 aliphatic heterocycles. The third kappa shape index (κ3) is 4.49. The summed E-state index contributed by atoms with van der Waals surface area (Å²) in [5.74, 6) is 0.517. The molecule has 0 atom stereocenters. The molecule has 2 aromatic rings. The van der Waals surface area contributed by atoms with Crippen LogP contribution in [0.5, 0.6) is 5.75 Å². The Labute approximate surface area is 125 Å². The van der Waals surface area contributed by atoms with Crippen molar-refractivity contribution in [2.45, 2.75) is 20.5 Å². The van der Waals surface area contributed by atoms with Gasteiger partial charge < -0.3 is 4.74 Å². The number of aryl methyl sites for hydroxylation is 2. The summed E-state index contributed by atoms with van der Waals surface area (Å²) in [4.78, 5) is 0. The number of para-hydroxylation sites is 2. The van der Waals surface area contributed by atoms with Gasteiger partial charge in [-0.2, -0.15) is 0 Å². The van der Waals surface area contributed by atoms with Crippen molar-refractivity contribution in [2.75, 3.05) is 11.0 Å². The van der Waals surface area contributed by atoms with E-state index in [2.05, 4.69) is 22.9 Å². The minimum absolute atomic E-state index is 0.399. The maximum absolute atomic E-state index is 11.4. The minimum Gasteiger partial charge on any atom is -0.487 e. The summed E-state index contributed by atoms with van der Waals surface area (Å²) in [6, 6.07) is 13.2. The number of nitrogens with one attached hydrogen (secondary N) is 1. The zero-order valence-electron chi connectivity index (χ0n) is 12.4. The number of hydrogen-bond donors (Lipinski definition) is 1. The van der Waals surface area contributed by atoms with Gasteiger partial charge in [0.05, 0.1) is 11.9 Å². The number of hydrogen-bond acceptors (Lipinski definition) is 3. The zero-order valence-corrected chi connectivity index (χ0v) is 13.2. The summed E-state index contributed by atoms with van der Waals surface area (Å²) in [5, 5.41) is 0. The maximum Gasteiger partial charge on any atom is 0.229 e. The van der Waals surface area contributed by atoms with Gasteiger partial charge >= 0.3 is 0 Å². The van der Waals surface area contributed by atoms with E-state index in [-0.39, 0.29) is 0 Å². The fourth-order valence-electron chi connectivity index (χ4n) is 1.99. The Morgan fingerprint density at radius 2 is 1.81 bits per heavy atom. The van der Waals surface area contributed by atoms with E-state index in [9.17, 15) is 8.42 Å². The number of benzene rings is 2. The molecular weight excluding hydrogens is 286 g/mol. The molecule has 0 heterocycles. The SMILES string of the molecule is Cc1ccc(C)c(COc2ccccc2NS(C)(=O)=O)c1. The van der Waals surface area contributed by atoms with Crippen molar-refractivity contribution in [1.29, 1.82) is 0 Å². The molecule has 1 N–H and O–H groups in total. The second-order valence-corrected chi connectivity index (χ2v) is 6.84. The average molecular weight is 305 g/mol. The van der Waals surface area contributed by atoms with Crippen molar-refractivity contribution in [2.24, 2.45) is 0 Å². The van der Waals surface area contributed by atoms with E-state index < -0.39 is 10.0 Å². The molecule has 4 nitrogen and oxygen atoms in total. The predicted octanol–water partition coefficient (Wildman–Crippen LogP) is 3.25. The second kappa shape index (κ2) is 6.18. The van der Waals surface area contributed by atoms with Crippen molar-refractivity contribution in [3.05, 3.63) is 59.2 Å². The predicted molar refractivity (Wildman–Crippen MR) is 85.2 cm³/mol. The van der Waals surface area contributed by atoms with Crippen LogP contribution < -0.4 is 9.46 Å². The molecule has 0 aliphatic rings. The van der Waals surface area contributed by atoms with Crippen LogP contribution in [0.1, 0.15) is 16.7 Å². The van der Waals surface area contributed by atoms with E-state index in [4.69, 9.17) is 4.74 Å². The van der Waals surface area contributed by atoms with Gasteiger partial charge in [-0.15, -0.1) is 0 Å². The quantitative estimate of drug-likeness (QED) is 0.922. The lowest BCUT2D eigenvalue weighted by atomic mass is 10.1. The highest BCUT2D eigenvalue weighted by Gasteiger charge is 2.08. The van der Waals surface area contributed by atoms with Gasteiger partial charge in [-0.1, -0.05) is 35.9 Å². The number of ether oxygens (including phenoxy) is 1. The van der Waals surface area contributed by atoms with Crippen LogP contribution in [0.15, 0.2) is 42.5 Å². The molecule has 0 saturated carbocycles. The van der Waals surface area contributed by atoms with Crippen molar-refractivity contribution in [1.82, 2.24) is 0 Å². The highest BCUT2D eigenvalue weighted by molar-refractivity contribution is 7.92. The first-order chi connectivity index (χ1) is 9.85. The van der Waals surface area contributed by atoms with E-state index in [1.807, 2.05) is 19.9 Å². The van der Waals surface area contributed by atoms with Crippen LogP contribution >= 0.6 is 0 Å². The van der Waals surface area contributed by atoms with Gasteiger partial charge in [-0.25, -0.2) is 8.42 Å². The summed E-state index contributed by atoms with van der Waals surface area (Å²) < 4.78 is 31.0. The molecule has 0 radical (unpaired) electrons. The van der Waals surface area contributed by atoms with Crippen LogP contribution in [-0.2, 0) is 16.6 Å². The van der Waals surface area contributed by atoms with E-state index in [0.29, 0.717) is 18.0 Å². The lowest BCUT2D eigenvalue weighted by Crippen LogP contribution is -2.11. The van der Waals surface area contributed by atoms with Gasteiger partial charge in [0.15, 0.2) is 0 Å². The van der Waals surface area contributed by atoms with Crippen LogP contribution in [0, 0.1) is 13.8 Å². The van der Waals surface area contributed by atoms with Crippen molar-refractivity contribution in [3.63, 3.8) is 0 Å². The third-order valence-corrected chi connectivity index (χ3v) is 3.66. The van der Waals surface area contributed by atoms with Crippen LogP contribution in [0.3, 0.4) is 0 Å². The lowest BCUT2D eigenvalue weighted by Gasteiger charge is -2.13. The molecule has 21 heavy (non-hydrogen) atoms. The Morgan fingerprint density at radius 1 is 1.10 bits per heavy atom. The molecule has 5 heteroatoms. The number of rotatable bonds is 5. The first-order valence-electron chi connectivity index (χ1n) is 6.61. The smallest absolute Gasteiger partial charge is 0.229 e. The summed E-state index contributed by atoms with van der Waals surface area (Å²) in [5.41, 5.74) is 3.85. The Morgan fingerprint density at radius 3 is 2.52 bits per heavy atom. The fraction of sp³-hybridized carbons (Fsp3) is 0.250. The number of anilines is 1. The van der Waals surface area contributed by atoms with Gasteiger partial charge in [-0.05, 0) is 37.1 Å². The standard InChI is InChI=1S/C16H19NO3S/c1-12-8-9-13(2)14(10-12)11-20-16-7-5-4-6-15(16)17-21(3,18)19/h4-10,17H,11H2,1-3H3. The molecule has 0 aromatic heterocycles. The van der Waals surface area contributed by atoms with E-state index in [1.165, 1.54) is 5.56 Å². The minimum atomic E-state index is -3.33. The molecule has 0 saturated heterocycles.